The molecule has 6 N–H and O–H groups in total. The second-order valence-corrected chi connectivity index (χ2v) is 22.5. The van der Waals surface area contributed by atoms with Crippen molar-refractivity contribution in [3.8, 4) is 0 Å². The van der Waals surface area contributed by atoms with Gasteiger partial charge >= 0.3 is 5.97 Å². The van der Waals surface area contributed by atoms with Crippen LogP contribution in [0, 0.1) is 0 Å². The van der Waals surface area contributed by atoms with Crippen LogP contribution >= 0.6 is 0 Å². The highest BCUT2D eigenvalue weighted by atomic mass is 16.7. The number of hydrogen-bond donors (Lipinski definition) is 6. The summed E-state index contributed by atoms with van der Waals surface area (Å²) >= 11 is 0. The molecule has 458 valence electrons. The first-order valence-corrected chi connectivity index (χ1v) is 32.7. The Morgan fingerprint density at radius 1 is 0.506 bits per heavy atom. The van der Waals surface area contributed by atoms with Crippen LogP contribution in [0.2, 0.25) is 0 Å². The number of nitrogens with one attached hydrogen (secondary N) is 1. The van der Waals surface area contributed by atoms with Crippen LogP contribution in [0.3, 0.4) is 0 Å². The third kappa shape index (κ3) is 43.5. The number of rotatable bonds is 55. The Bertz CT molecular complexity index is 1560. The zero-order chi connectivity index (χ0) is 57.5. The minimum atomic E-state index is -1.62. The number of esters is 1. The van der Waals surface area contributed by atoms with Crippen molar-refractivity contribution < 1.29 is 49.3 Å². The number of aliphatic hydroxyl groups excluding tert-OH is 5. The summed E-state index contributed by atoms with van der Waals surface area (Å²) < 4.78 is 17.6. The van der Waals surface area contributed by atoms with E-state index < -0.39 is 67.4 Å². The summed E-state index contributed by atoms with van der Waals surface area (Å²) in [6.07, 6.45) is 60.7. The largest absolute Gasteiger partial charge is 0.454 e. The lowest BCUT2D eigenvalue weighted by molar-refractivity contribution is -0.305. The lowest BCUT2D eigenvalue weighted by atomic mass is 9.99. The second kappa shape index (κ2) is 55.6. The fraction of sp³-hybridized carbons (Fsp3) is 0.794. The maximum Gasteiger partial charge on any atom is 0.306 e. The zero-order valence-corrected chi connectivity index (χ0v) is 50.7. The summed E-state index contributed by atoms with van der Waals surface area (Å²) in [5.74, 6) is -1.21. The van der Waals surface area contributed by atoms with E-state index in [2.05, 4.69) is 86.8 Å². The molecule has 1 amide bonds. The van der Waals surface area contributed by atoms with Crippen LogP contribution in [0.15, 0.2) is 72.9 Å². The molecule has 1 rings (SSSR count). The second-order valence-electron chi connectivity index (χ2n) is 22.5. The van der Waals surface area contributed by atoms with Gasteiger partial charge in [-0.1, -0.05) is 261 Å². The number of carbonyl (C=O) groups is 2. The van der Waals surface area contributed by atoms with E-state index in [-0.39, 0.29) is 19.4 Å². The number of unbranched alkanes of at least 4 members (excludes halogenated alkanes) is 32. The van der Waals surface area contributed by atoms with Gasteiger partial charge < -0.3 is 45.1 Å². The van der Waals surface area contributed by atoms with Gasteiger partial charge in [0.15, 0.2) is 12.4 Å². The minimum absolute atomic E-state index is 0.108. The molecule has 11 heteroatoms. The topological polar surface area (TPSA) is 175 Å². The predicted molar refractivity (Wildman–Crippen MR) is 329 cm³/mol. The van der Waals surface area contributed by atoms with Gasteiger partial charge in [-0.2, -0.15) is 0 Å². The van der Waals surface area contributed by atoms with E-state index in [0.717, 1.165) is 103 Å². The molecule has 79 heavy (non-hydrogen) atoms. The van der Waals surface area contributed by atoms with Crippen LogP contribution in [-0.2, 0) is 23.8 Å². The number of hydrogen-bond acceptors (Lipinski definition) is 10. The first kappa shape index (κ1) is 74.1. The molecule has 0 aromatic carbocycles. The molecule has 0 bridgehead atoms. The normalized spacial score (nSPS) is 19.3. The van der Waals surface area contributed by atoms with Crippen molar-refractivity contribution in [1.82, 2.24) is 5.32 Å². The molecule has 0 aromatic heterocycles. The fourth-order valence-corrected chi connectivity index (χ4v) is 9.88. The number of carbonyl (C=O) groups excluding carboxylic acids is 2. The van der Waals surface area contributed by atoms with E-state index in [0.29, 0.717) is 12.8 Å². The van der Waals surface area contributed by atoms with Gasteiger partial charge in [0.2, 0.25) is 5.91 Å². The highest BCUT2D eigenvalue weighted by Gasteiger charge is 2.47. The number of aliphatic hydroxyl groups is 5. The lowest BCUT2D eigenvalue weighted by Crippen LogP contribution is -2.61. The standard InChI is InChI=1S/C68H121NO10/c1-4-7-10-13-16-19-22-25-27-28-29-30-31-32-33-35-37-40-43-46-49-52-55-61(72)67(76)69-59(60(71)54-51-48-45-42-39-36-24-21-18-15-12-9-6-3)58-77-68-66(65(75)64(74)62(57-70)78-68)79-63(73)56-53-50-47-44-41-38-34-26-23-20-17-14-11-8-5-2/h16-17,19-20,23,25-27,29-30,51,54,59-62,64-66,68,70-72,74-75H,4-15,18,21-22,24,28,31-50,52-53,55-58H2,1-3H3,(H,69,76)/b19-16-,20-17+,26-23+,27-25-,30-29-,54-51+. The molecule has 1 saturated heterocycles. The Hall–Kier alpha value is -2.90. The molecular weight excluding hydrogens is 991 g/mol. The molecule has 0 aliphatic carbocycles. The Labute approximate surface area is 483 Å². The van der Waals surface area contributed by atoms with E-state index in [9.17, 15) is 35.1 Å². The third-order valence-corrected chi connectivity index (χ3v) is 15.1. The first-order chi connectivity index (χ1) is 38.7. The van der Waals surface area contributed by atoms with Crippen LogP contribution in [0.4, 0.5) is 0 Å². The van der Waals surface area contributed by atoms with Crippen LogP contribution in [-0.4, -0.2) is 99.6 Å². The number of ether oxygens (including phenoxy) is 3. The molecule has 0 aromatic rings. The minimum Gasteiger partial charge on any atom is -0.454 e. The van der Waals surface area contributed by atoms with Crippen LogP contribution in [0.5, 0.6) is 0 Å². The van der Waals surface area contributed by atoms with Gasteiger partial charge in [-0.05, 0) is 89.9 Å². The molecule has 8 atom stereocenters. The van der Waals surface area contributed by atoms with Crippen molar-refractivity contribution in [2.24, 2.45) is 0 Å². The monoisotopic (exact) mass is 1110 g/mol. The SMILES string of the molecule is CCCCC/C=C\C/C=C\C/C=C\CCCCCCCCCCCC(O)C(=O)NC(COC1OC(CO)C(O)C(O)C1OC(=O)CCCCCCCC/C=C/C=C/CCCCC)C(O)/C=C/CCCCCCCCCCCCC. The van der Waals surface area contributed by atoms with Crippen LogP contribution < -0.4 is 5.32 Å². The van der Waals surface area contributed by atoms with E-state index >= 15 is 0 Å². The summed E-state index contributed by atoms with van der Waals surface area (Å²) in [6, 6.07) is -1.03. The van der Waals surface area contributed by atoms with Crippen molar-refractivity contribution in [2.45, 2.75) is 333 Å². The first-order valence-electron chi connectivity index (χ1n) is 32.7. The van der Waals surface area contributed by atoms with Crippen molar-refractivity contribution >= 4 is 11.9 Å². The van der Waals surface area contributed by atoms with Crippen molar-refractivity contribution in [3.05, 3.63) is 72.9 Å². The van der Waals surface area contributed by atoms with Crippen molar-refractivity contribution in [1.29, 1.82) is 0 Å². The van der Waals surface area contributed by atoms with Gasteiger partial charge in [0, 0.05) is 6.42 Å². The van der Waals surface area contributed by atoms with Gasteiger partial charge in [-0.3, -0.25) is 9.59 Å². The zero-order valence-electron chi connectivity index (χ0n) is 50.7. The Kier molecular flexibility index (Phi) is 52.2. The summed E-state index contributed by atoms with van der Waals surface area (Å²) in [5.41, 5.74) is 0. The maximum absolute atomic E-state index is 13.5. The van der Waals surface area contributed by atoms with Crippen molar-refractivity contribution in [2.75, 3.05) is 13.2 Å². The smallest absolute Gasteiger partial charge is 0.306 e. The molecule has 1 aliphatic rings. The molecule has 0 radical (unpaired) electrons. The number of allylic oxidation sites excluding steroid dienone is 11. The van der Waals surface area contributed by atoms with Crippen LogP contribution in [0.1, 0.15) is 284 Å². The molecule has 1 fully saturated rings. The molecule has 0 spiro atoms. The van der Waals surface area contributed by atoms with E-state index in [1.165, 1.54) is 135 Å². The lowest BCUT2D eigenvalue weighted by Gasteiger charge is -2.41. The summed E-state index contributed by atoms with van der Waals surface area (Å²) in [4.78, 5) is 26.6. The summed E-state index contributed by atoms with van der Waals surface area (Å²) in [6.45, 7) is 5.74. The van der Waals surface area contributed by atoms with Gasteiger partial charge in [0.05, 0.1) is 25.4 Å². The van der Waals surface area contributed by atoms with Gasteiger partial charge in [0.25, 0.3) is 0 Å². The molecule has 11 nitrogen and oxygen atoms in total. The predicted octanol–water partition coefficient (Wildman–Crippen LogP) is 16.0. The Morgan fingerprint density at radius 3 is 1.41 bits per heavy atom. The quantitative estimate of drug-likeness (QED) is 0.0149. The molecule has 1 aliphatic heterocycles. The average Bonchev–Trinajstić information content (AvgIpc) is 3.49. The van der Waals surface area contributed by atoms with E-state index in [1.807, 2.05) is 6.08 Å². The highest BCUT2D eigenvalue weighted by Crippen LogP contribution is 2.26. The van der Waals surface area contributed by atoms with E-state index in [4.69, 9.17) is 14.2 Å². The molecule has 8 unspecified atom stereocenters. The van der Waals surface area contributed by atoms with Gasteiger partial charge in [0.1, 0.15) is 24.4 Å². The van der Waals surface area contributed by atoms with Crippen LogP contribution in [0.25, 0.3) is 0 Å². The molecular formula is C68H121NO10. The summed E-state index contributed by atoms with van der Waals surface area (Å²) in [7, 11) is 0. The number of amides is 1. The maximum atomic E-state index is 13.5. The Balaban J connectivity index is 2.66. The molecule has 1 heterocycles. The Morgan fingerprint density at radius 2 is 0.911 bits per heavy atom. The molecule has 0 saturated carbocycles. The van der Waals surface area contributed by atoms with Gasteiger partial charge in [-0.15, -0.1) is 0 Å². The fourth-order valence-electron chi connectivity index (χ4n) is 9.88. The average molecular weight is 1110 g/mol. The highest BCUT2D eigenvalue weighted by molar-refractivity contribution is 5.80. The van der Waals surface area contributed by atoms with Crippen molar-refractivity contribution in [3.63, 3.8) is 0 Å². The third-order valence-electron chi connectivity index (χ3n) is 15.1. The van der Waals surface area contributed by atoms with E-state index in [1.54, 1.807) is 6.08 Å². The summed E-state index contributed by atoms with van der Waals surface area (Å²) in [5, 5.41) is 57.1. The van der Waals surface area contributed by atoms with Gasteiger partial charge in [-0.25, -0.2) is 0 Å².